The second-order valence-corrected chi connectivity index (χ2v) is 11.2. The molecule has 0 saturated carbocycles. The minimum atomic E-state index is -0.733. The van der Waals surface area contributed by atoms with E-state index in [0.29, 0.717) is 37.5 Å². The van der Waals surface area contributed by atoms with E-state index in [1.54, 1.807) is 31.6 Å². The van der Waals surface area contributed by atoms with E-state index in [1.165, 1.54) is 18.4 Å². The summed E-state index contributed by atoms with van der Waals surface area (Å²) in [6.45, 7) is 9.54. The highest BCUT2D eigenvalue weighted by Gasteiger charge is 2.33. The number of rotatable bonds is 7. The molecule has 0 aliphatic carbocycles. The molecule has 222 valence electrons. The molecule has 10 heteroatoms. The van der Waals surface area contributed by atoms with Gasteiger partial charge in [-0.2, -0.15) is 0 Å². The van der Waals surface area contributed by atoms with Gasteiger partial charge in [-0.25, -0.2) is 14.6 Å². The number of thiazole rings is 1. The molecule has 3 heterocycles. The summed E-state index contributed by atoms with van der Waals surface area (Å²) in [5.41, 5.74) is 6.10. The first-order valence-electron chi connectivity index (χ1n) is 13.8. The van der Waals surface area contributed by atoms with Gasteiger partial charge in [-0.15, -0.1) is 0 Å². The van der Waals surface area contributed by atoms with Crippen LogP contribution < -0.4 is 19.6 Å². The molecule has 2 aromatic heterocycles. The molecule has 0 amide bonds. The molecule has 0 bridgehead atoms. The summed E-state index contributed by atoms with van der Waals surface area (Å²) in [4.78, 5) is 44.8. The van der Waals surface area contributed by atoms with Crippen molar-refractivity contribution in [2.24, 2.45) is 4.99 Å². The van der Waals surface area contributed by atoms with Crippen molar-refractivity contribution in [3.63, 3.8) is 0 Å². The van der Waals surface area contributed by atoms with Gasteiger partial charge in [0.15, 0.2) is 4.80 Å². The summed E-state index contributed by atoms with van der Waals surface area (Å²) >= 11 is 1.27. The number of methoxy groups -OCH3 is 2. The summed E-state index contributed by atoms with van der Waals surface area (Å²) in [5.74, 6) is -0.304. The third kappa shape index (κ3) is 5.23. The molecule has 9 nitrogen and oxygen atoms in total. The Bertz CT molecular complexity index is 1980. The van der Waals surface area contributed by atoms with Crippen LogP contribution in [-0.2, 0) is 14.3 Å². The third-order valence-electron chi connectivity index (χ3n) is 7.63. The van der Waals surface area contributed by atoms with Gasteiger partial charge in [-0.3, -0.25) is 9.36 Å². The zero-order chi connectivity index (χ0) is 31.0. The van der Waals surface area contributed by atoms with E-state index in [1.807, 2.05) is 69.3 Å². The number of hydrogen-bond acceptors (Lipinski definition) is 8. The highest BCUT2D eigenvalue weighted by atomic mass is 32.1. The Kier molecular flexibility index (Phi) is 8.23. The molecular weight excluding hydrogens is 566 g/mol. The van der Waals surface area contributed by atoms with Crippen molar-refractivity contribution in [1.82, 2.24) is 9.13 Å². The number of hydrogen-bond donors (Lipinski definition) is 0. The van der Waals surface area contributed by atoms with Crippen molar-refractivity contribution >= 4 is 29.4 Å². The molecule has 0 saturated heterocycles. The van der Waals surface area contributed by atoms with Crippen molar-refractivity contribution in [3.05, 3.63) is 113 Å². The first-order valence-corrected chi connectivity index (χ1v) is 14.6. The van der Waals surface area contributed by atoms with E-state index in [0.717, 1.165) is 28.2 Å². The largest absolute Gasteiger partial charge is 0.497 e. The van der Waals surface area contributed by atoms with Crippen LogP contribution in [0.1, 0.15) is 58.3 Å². The molecule has 5 rings (SSSR count). The summed E-state index contributed by atoms with van der Waals surface area (Å²) in [6, 6.07) is 14.1. The Morgan fingerprint density at radius 3 is 2.47 bits per heavy atom. The van der Waals surface area contributed by atoms with E-state index in [2.05, 4.69) is 9.56 Å². The maximum Gasteiger partial charge on any atom is 0.338 e. The lowest BCUT2D eigenvalue weighted by Gasteiger charge is -2.25. The predicted molar refractivity (Wildman–Crippen MR) is 165 cm³/mol. The normalized spacial score (nSPS) is 14.8. The molecule has 1 atom stereocenters. The first-order chi connectivity index (χ1) is 20.6. The Labute approximate surface area is 253 Å². The smallest absolute Gasteiger partial charge is 0.338 e. The van der Waals surface area contributed by atoms with Crippen molar-refractivity contribution in [3.8, 4) is 11.4 Å². The molecule has 0 N–H and O–H groups in total. The molecule has 0 unspecified atom stereocenters. The molecule has 0 radical (unpaired) electrons. The molecule has 4 aromatic rings. The van der Waals surface area contributed by atoms with E-state index in [-0.39, 0.29) is 12.2 Å². The van der Waals surface area contributed by atoms with Crippen LogP contribution >= 0.6 is 11.3 Å². The summed E-state index contributed by atoms with van der Waals surface area (Å²) in [6.07, 6.45) is 1.86. The molecule has 2 aromatic carbocycles. The standard InChI is InChI=1S/C33H33N3O6S/c1-8-42-32(39)28-20(4)34-33-36(29(28)22-11-9-12-24(16-22)40-6)30(37)27(43-33)17-23-15-18(2)35(21(23)5)26-14-10-13-25(19(26)3)31(38)41-7/h9-17,29H,8H2,1-7H3/b27-17+/t29-/m0/s1. The van der Waals surface area contributed by atoms with Crippen LogP contribution in [0.15, 0.2) is 69.6 Å². The van der Waals surface area contributed by atoms with Crippen molar-refractivity contribution in [2.75, 3.05) is 20.8 Å². The zero-order valence-electron chi connectivity index (χ0n) is 25.2. The number of carbonyl (C=O) groups excluding carboxylic acids is 2. The minimum absolute atomic E-state index is 0.197. The van der Waals surface area contributed by atoms with Gasteiger partial charge in [0.1, 0.15) is 5.75 Å². The van der Waals surface area contributed by atoms with Gasteiger partial charge in [0.2, 0.25) is 0 Å². The van der Waals surface area contributed by atoms with Gasteiger partial charge < -0.3 is 18.8 Å². The predicted octanol–water partition coefficient (Wildman–Crippen LogP) is 4.31. The summed E-state index contributed by atoms with van der Waals surface area (Å²) < 4.78 is 19.9. The fourth-order valence-electron chi connectivity index (χ4n) is 5.56. The fourth-order valence-corrected chi connectivity index (χ4v) is 6.60. The van der Waals surface area contributed by atoms with Crippen LogP contribution in [0.3, 0.4) is 0 Å². The van der Waals surface area contributed by atoms with Gasteiger partial charge >= 0.3 is 11.9 Å². The van der Waals surface area contributed by atoms with Crippen LogP contribution in [0.5, 0.6) is 5.75 Å². The molecule has 0 fully saturated rings. The molecule has 1 aliphatic heterocycles. The van der Waals surface area contributed by atoms with Crippen LogP contribution in [0.4, 0.5) is 0 Å². The molecular formula is C33H33N3O6S. The minimum Gasteiger partial charge on any atom is -0.497 e. The molecule has 43 heavy (non-hydrogen) atoms. The van der Waals surface area contributed by atoms with Crippen LogP contribution in [0, 0.1) is 20.8 Å². The SMILES string of the molecule is CCOC(=O)C1=C(C)N=c2s/c(=C/c3cc(C)n(-c4cccc(C(=O)OC)c4C)c3C)c(=O)n2[C@H]1c1cccc(OC)c1. The number of nitrogens with zero attached hydrogens (tertiary/aromatic N) is 3. The van der Waals surface area contributed by atoms with E-state index in [4.69, 9.17) is 14.2 Å². The highest BCUT2D eigenvalue weighted by Crippen LogP contribution is 2.32. The number of fused-ring (bicyclic) bond motifs is 1. The van der Waals surface area contributed by atoms with Gasteiger partial charge in [-0.1, -0.05) is 29.5 Å². The van der Waals surface area contributed by atoms with Crippen LogP contribution in [-0.4, -0.2) is 41.9 Å². The lowest BCUT2D eigenvalue weighted by molar-refractivity contribution is -0.139. The zero-order valence-corrected chi connectivity index (χ0v) is 26.0. The van der Waals surface area contributed by atoms with Gasteiger partial charge in [-0.05, 0) is 87.7 Å². The van der Waals surface area contributed by atoms with Crippen LogP contribution in [0.25, 0.3) is 11.8 Å². The number of allylic oxidation sites excluding steroid dienone is 1. The van der Waals surface area contributed by atoms with Gasteiger partial charge in [0, 0.05) is 17.1 Å². The lowest BCUT2D eigenvalue weighted by atomic mass is 9.95. The monoisotopic (exact) mass is 599 g/mol. The molecule has 1 aliphatic rings. The average molecular weight is 600 g/mol. The fraction of sp³-hybridized carbons (Fsp3) is 0.273. The van der Waals surface area contributed by atoms with Crippen molar-refractivity contribution in [2.45, 2.75) is 40.7 Å². The second-order valence-electron chi connectivity index (χ2n) is 10.2. The van der Waals surface area contributed by atoms with E-state index in [9.17, 15) is 14.4 Å². The Morgan fingerprint density at radius 1 is 1.02 bits per heavy atom. The van der Waals surface area contributed by atoms with Gasteiger partial charge in [0.05, 0.1) is 48.2 Å². The topological polar surface area (TPSA) is 101 Å². The quantitative estimate of drug-likeness (QED) is 0.294. The van der Waals surface area contributed by atoms with E-state index >= 15 is 0 Å². The average Bonchev–Trinajstić information content (AvgIpc) is 3.45. The number of aromatic nitrogens is 2. The van der Waals surface area contributed by atoms with E-state index < -0.39 is 18.0 Å². The lowest BCUT2D eigenvalue weighted by Crippen LogP contribution is -2.39. The third-order valence-corrected chi connectivity index (χ3v) is 8.62. The van der Waals surface area contributed by atoms with Crippen molar-refractivity contribution < 1.29 is 23.8 Å². The Hall–Kier alpha value is -4.70. The number of ether oxygens (including phenoxy) is 3. The van der Waals surface area contributed by atoms with Crippen LogP contribution in [0.2, 0.25) is 0 Å². The highest BCUT2D eigenvalue weighted by molar-refractivity contribution is 7.07. The number of esters is 2. The number of aryl methyl sites for hydroxylation is 1. The van der Waals surface area contributed by atoms with Gasteiger partial charge in [0.25, 0.3) is 5.56 Å². The molecule has 0 spiro atoms. The maximum absolute atomic E-state index is 14.1. The van der Waals surface area contributed by atoms with Crippen molar-refractivity contribution in [1.29, 1.82) is 0 Å². The second kappa shape index (κ2) is 11.9. The maximum atomic E-state index is 14.1. The Balaban J connectivity index is 1.69. The first kappa shape index (κ1) is 29.8. The summed E-state index contributed by atoms with van der Waals surface area (Å²) in [7, 11) is 2.94. The number of benzene rings is 2. The summed E-state index contributed by atoms with van der Waals surface area (Å²) in [5, 5.41) is 0. The Morgan fingerprint density at radius 2 is 1.77 bits per heavy atom. The number of carbonyl (C=O) groups is 2.